The fraction of sp³-hybridized carbons (Fsp3) is 0.462. The molecule has 0 unspecified atom stereocenters. The van der Waals surface area contributed by atoms with Crippen molar-refractivity contribution in [3.8, 4) is 5.75 Å². The lowest BCUT2D eigenvalue weighted by atomic mass is 9.78. The van der Waals surface area contributed by atoms with Crippen molar-refractivity contribution in [2.75, 3.05) is 0 Å². The van der Waals surface area contributed by atoms with E-state index in [0.717, 1.165) is 5.56 Å². The number of carbonyl (C=O) groups excluding carboxylic acids is 1. The Morgan fingerprint density at radius 2 is 1.94 bits per heavy atom. The van der Waals surface area contributed by atoms with Crippen LogP contribution in [0, 0.1) is 5.92 Å². The molecule has 17 heavy (non-hydrogen) atoms. The topological polar surface area (TPSA) is 52.3 Å². The summed E-state index contributed by atoms with van der Waals surface area (Å²) in [6.07, 6.45) is 3.75. The van der Waals surface area contributed by atoms with E-state index in [1.807, 2.05) is 12.1 Å². The first kappa shape index (κ1) is 14.0. The molecule has 3 nitrogen and oxygen atoms in total. The van der Waals surface area contributed by atoms with Gasteiger partial charge in [0.05, 0.1) is 0 Å². The Morgan fingerprint density at radius 3 is 2.35 bits per heavy atom. The molecule has 1 aromatic rings. The maximum Gasteiger partial charge on any atom is 0.308 e. The van der Waals surface area contributed by atoms with Crippen molar-refractivity contribution in [1.29, 1.82) is 0 Å². The number of ether oxygens (including phenoxy) is 1. The molecule has 0 aliphatic heterocycles. The van der Waals surface area contributed by atoms with Crippen LogP contribution in [0.1, 0.15) is 37.8 Å². The smallest absolute Gasteiger partial charge is 0.308 e. The van der Waals surface area contributed by atoms with Gasteiger partial charge >= 0.3 is 5.97 Å². The Bertz CT molecular complexity index is 374. The SMILES string of the molecule is CC(=O)Oc1ccc([C@H](N)C2CCC2)cc1.Cl. The summed E-state index contributed by atoms with van der Waals surface area (Å²) in [5.41, 5.74) is 7.27. The Balaban J connectivity index is 0.00000144. The van der Waals surface area contributed by atoms with Gasteiger partial charge in [0, 0.05) is 13.0 Å². The van der Waals surface area contributed by atoms with Crippen molar-refractivity contribution < 1.29 is 9.53 Å². The van der Waals surface area contributed by atoms with E-state index >= 15 is 0 Å². The molecule has 0 bridgehead atoms. The van der Waals surface area contributed by atoms with Crippen molar-refractivity contribution in [2.45, 2.75) is 32.2 Å². The third kappa shape index (κ3) is 3.45. The predicted octanol–water partition coefficient (Wildman–Crippen LogP) is 2.83. The fourth-order valence-corrected chi connectivity index (χ4v) is 2.00. The molecular formula is C13H18ClNO2. The maximum atomic E-state index is 10.7. The van der Waals surface area contributed by atoms with Crippen molar-refractivity contribution in [3.63, 3.8) is 0 Å². The standard InChI is InChI=1S/C13H17NO2.ClH/c1-9(15)16-12-7-5-11(6-8-12)13(14)10-3-2-4-10;/h5-8,10,13H,2-4,14H2,1H3;1H/t13-;/m1./s1. The van der Waals surface area contributed by atoms with Crippen LogP contribution >= 0.6 is 12.4 Å². The number of hydrogen-bond acceptors (Lipinski definition) is 3. The van der Waals surface area contributed by atoms with Crippen LogP contribution in [0.3, 0.4) is 0 Å². The van der Waals surface area contributed by atoms with Crippen LogP contribution in [0.5, 0.6) is 5.75 Å². The molecule has 1 aliphatic carbocycles. The minimum Gasteiger partial charge on any atom is -0.427 e. The zero-order valence-corrected chi connectivity index (χ0v) is 10.7. The molecule has 2 rings (SSSR count). The van der Waals surface area contributed by atoms with Crippen LogP contribution in [0.4, 0.5) is 0 Å². The van der Waals surface area contributed by atoms with Crippen molar-refractivity contribution in [2.24, 2.45) is 11.7 Å². The average molecular weight is 256 g/mol. The first-order valence-corrected chi connectivity index (χ1v) is 5.71. The van der Waals surface area contributed by atoms with Gasteiger partial charge in [0.25, 0.3) is 0 Å². The largest absolute Gasteiger partial charge is 0.427 e. The fourth-order valence-electron chi connectivity index (χ4n) is 2.00. The van der Waals surface area contributed by atoms with Gasteiger partial charge in [0.15, 0.2) is 0 Å². The summed E-state index contributed by atoms with van der Waals surface area (Å²) in [5, 5.41) is 0. The normalized spacial score (nSPS) is 16.6. The second kappa shape index (κ2) is 6.03. The summed E-state index contributed by atoms with van der Waals surface area (Å²) in [5.74, 6) is 0.910. The number of nitrogens with two attached hydrogens (primary N) is 1. The summed E-state index contributed by atoms with van der Waals surface area (Å²) in [6, 6.07) is 7.62. The molecule has 94 valence electrons. The first-order chi connectivity index (χ1) is 7.66. The van der Waals surface area contributed by atoms with Gasteiger partial charge in [0.2, 0.25) is 0 Å². The summed E-state index contributed by atoms with van der Waals surface area (Å²) in [6.45, 7) is 1.40. The van der Waals surface area contributed by atoms with E-state index in [-0.39, 0.29) is 24.4 Å². The number of hydrogen-bond donors (Lipinski definition) is 1. The lowest BCUT2D eigenvalue weighted by Crippen LogP contribution is -2.26. The molecule has 2 N–H and O–H groups in total. The summed E-state index contributed by atoms with van der Waals surface area (Å²) in [7, 11) is 0. The van der Waals surface area contributed by atoms with Crippen LogP contribution in [0.15, 0.2) is 24.3 Å². The van der Waals surface area contributed by atoms with Crippen LogP contribution < -0.4 is 10.5 Å². The second-order valence-corrected chi connectivity index (χ2v) is 4.38. The zero-order chi connectivity index (χ0) is 11.5. The van der Waals surface area contributed by atoms with E-state index in [2.05, 4.69) is 0 Å². The Hall–Kier alpha value is -1.06. The van der Waals surface area contributed by atoms with E-state index < -0.39 is 0 Å². The van der Waals surface area contributed by atoms with E-state index in [1.54, 1.807) is 12.1 Å². The number of halogens is 1. The molecule has 1 saturated carbocycles. The molecule has 0 saturated heterocycles. The Morgan fingerprint density at radius 1 is 1.35 bits per heavy atom. The van der Waals surface area contributed by atoms with Gasteiger partial charge < -0.3 is 10.5 Å². The number of benzene rings is 1. The van der Waals surface area contributed by atoms with E-state index in [0.29, 0.717) is 11.7 Å². The minimum atomic E-state index is -0.295. The van der Waals surface area contributed by atoms with Gasteiger partial charge in [-0.3, -0.25) is 4.79 Å². The summed E-state index contributed by atoms with van der Waals surface area (Å²) < 4.78 is 4.97. The number of rotatable bonds is 3. The van der Waals surface area contributed by atoms with Gasteiger partial charge in [-0.15, -0.1) is 12.4 Å². The van der Waals surface area contributed by atoms with Gasteiger partial charge in [-0.2, -0.15) is 0 Å². The highest BCUT2D eigenvalue weighted by Crippen LogP contribution is 2.36. The molecule has 1 atom stereocenters. The molecule has 0 radical (unpaired) electrons. The molecule has 0 spiro atoms. The molecular weight excluding hydrogens is 238 g/mol. The highest BCUT2D eigenvalue weighted by molar-refractivity contribution is 5.85. The van der Waals surface area contributed by atoms with Crippen molar-refractivity contribution in [3.05, 3.63) is 29.8 Å². The van der Waals surface area contributed by atoms with E-state index in [9.17, 15) is 4.79 Å². The van der Waals surface area contributed by atoms with Crippen LogP contribution in [0.2, 0.25) is 0 Å². The number of esters is 1. The molecule has 4 heteroatoms. The van der Waals surface area contributed by atoms with E-state index in [4.69, 9.17) is 10.5 Å². The highest BCUT2D eigenvalue weighted by atomic mass is 35.5. The maximum absolute atomic E-state index is 10.7. The lowest BCUT2D eigenvalue weighted by molar-refractivity contribution is -0.131. The predicted molar refractivity (Wildman–Crippen MR) is 69.3 cm³/mol. The molecule has 1 fully saturated rings. The first-order valence-electron chi connectivity index (χ1n) is 5.71. The molecule has 0 aromatic heterocycles. The molecule has 1 aliphatic rings. The second-order valence-electron chi connectivity index (χ2n) is 4.38. The Kier molecular flexibility index (Phi) is 4.97. The Labute approximate surface area is 108 Å². The lowest BCUT2D eigenvalue weighted by Gasteiger charge is -2.31. The molecule has 1 aromatic carbocycles. The summed E-state index contributed by atoms with van der Waals surface area (Å²) >= 11 is 0. The van der Waals surface area contributed by atoms with E-state index in [1.165, 1.54) is 26.2 Å². The number of carbonyl (C=O) groups is 1. The van der Waals surface area contributed by atoms with Crippen LogP contribution in [-0.2, 0) is 4.79 Å². The van der Waals surface area contributed by atoms with Crippen molar-refractivity contribution >= 4 is 18.4 Å². The third-order valence-corrected chi connectivity index (χ3v) is 3.18. The van der Waals surface area contributed by atoms with Gasteiger partial charge in [-0.05, 0) is 36.5 Å². The van der Waals surface area contributed by atoms with Gasteiger partial charge in [-0.1, -0.05) is 18.6 Å². The minimum absolute atomic E-state index is 0. The van der Waals surface area contributed by atoms with Gasteiger partial charge in [0.1, 0.15) is 5.75 Å². The van der Waals surface area contributed by atoms with Crippen molar-refractivity contribution in [1.82, 2.24) is 0 Å². The van der Waals surface area contributed by atoms with Gasteiger partial charge in [-0.25, -0.2) is 0 Å². The summed E-state index contributed by atoms with van der Waals surface area (Å²) in [4.78, 5) is 10.7. The zero-order valence-electron chi connectivity index (χ0n) is 9.89. The monoisotopic (exact) mass is 255 g/mol. The van der Waals surface area contributed by atoms with Crippen LogP contribution in [-0.4, -0.2) is 5.97 Å². The van der Waals surface area contributed by atoms with Crippen LogP contribution in [0.25, 0.3) is 0 Å². The average Bonchev–Trinajstić information content (AvgIpc) is 2.15. The quantitative estimate of drug-likeness (QED) is 0.668. The third-order valence-electron chi connectivity index (χ3n) is 3.18. The highest BCUT2D eigenvalue weighted by Gasteiger charge is 2.25. The molecule has 0 amide bonds. The molecule has 0 heterocycles.